The predicted octanol–water partition coefficient (Wildman–Crippen LogP) is -1.92. The van der Waals surface area contributed by atoms with Gasteiger partial charge in [0.15, 0.2) is 23.2 Å². The third-order valence-corrected chi connectivity index (χ3v) is 6.93. The molecule has 1 aliphatic rings. The molecule has 14 nitrogen and oxygen atoms in total. The van der Waals surface area contributed by atoms with Crippen LogP contribution >= 0.6 is 7.60 Å². The molecule has 1 fully saturated rings. The molecule has 27 heavy (non-hydrogen) atoms. The summed E-state index contributed by atoms with van der Waals surface area (Å²) in [5, 5.41) is 20.3. The molecule has 2 aromatic heterocycles. The van der Waals surface area contributed by atoms with Gasteiger partial charge in [-0.1, -0.05) is 0 Å². The van der Waals surface area contributed by atoms with Crippen molar-refractivity contribution in [3.63, 3.8) is 0 Å². The Morgan fingerprint density at radius 1 is 1.30 bits per heavy atom. The normalized spacial score (nSPS) is 28.4. The molecule has 1 saturated heterocycles. The van der Waals surface area contributed by atoms with Crippen LogP contribution in [-0.4, -0.2) is 78.0 Å². The van der Waals surface area contributed by atoms with E-state index >= 15 is 0 Å². The predicted molar refractivity (Wildman–Crippen MR) is 87.9 cm³/mol. The highest BCUT2D eigenvalue weighted by atomic mass is 32.2. The first-order valence-electron chi connectivity index (χ1n) is 7.34. The van der Waals surface area contributed by atoms with Gasteiger partial charge in [0.25, 0.3) is 10.1 Å². The summed E-state index contributed by atoms with van der Waals surface area (Å²) in [4.78, 5) is 21.2. The van der Waals surface area contributed by atoms with Gasteiger partial charge in [0.1, 0.15) is 30.2 Å². The minimum Gasteiger partial charge on any atom is -0.387 e. The van der Waals surface area contributed by atoms with E-state index in [0.717, 1.165) is 0 Å². The zero-order valence-corrected chi connectivity index (χ0v) is 15.1. The average Bonchev–Trinajstić information content (AvgIpc) is 3.07. The molecule has 0 aromatic carbocycles. The Balaban J connectivity index is 1.76. The van der Waals surface area contributed by atoms with Crippen LogP contribution in [0.2, 0.25) is 0 Å². The van der Waals surface area contributed by atoms with Crippen LogP contribution < -0.4 is 5.73 Å². The first-order chi connectivity index (χ1) is 12.5. The Bertz CT molecular complexity index is 997. The van der Waals surface area contributed by atoms with Gasteiger partial charge in [-0.25, -0.2) is 15.0 Å². The van der Waals surface area contributed by atoms with Crippen molar-refractivity contribution in [2.45, 2.75) is 24.5 Å². The van der Waals surface area contributed by atoms with Crippen molar-refractivity contribution in [2.24, 2.45) is 0 Å². The summed E-state index contributed by atoms with van der Waals surface area (Å²) in [6.45, 7) is -0.720. The molecule has 5 atom stereocenters. The van der Waals surface area contributed by atoms with E-state index in [2.05, 4.69) is 19.5 Å². The lowest BCUT2D eigenvalue weighted by atomic mass is 10.1. The molecule has 1 aliphatic heterocycles. The number of rotatable bonds is 6. The Hall–Kier alpha value is -1.71. The highest BCUT2D eigenvalue weighted by molar-refractivity contribution is 7.92. The fraction of sp³-hybridized carbons (Fsp3) is 0.545. The third-order valence-electron chi connectivity index (χ3n) is 3.77. The number of anilines is 1. The molecule has 0 amide bonds. The molecule has 150 valence electrons. The molecule has 0 spiro atoms. The SMILES string of the molecule is Nc1ncnc2c1ncn2[C@@H]1O[C@H](COP(=O)(O)CS(=O)(=O)O)[C@@H](O)[C@H]1O. The second-order valence-electron chi connectivity index (χ2n) is 5.77. The van der Waals surface area contributed by atoms with Gasteiger partial charge in [-0.3, -0.25) is 13.7 Å². The summed E-state index contributed by atoms with van der Waals surface area (Å²) in [5.41, 5.74) is 4.63. The second kappa shape index (κ2) is 7.03. The number of ether oxygens (including phenoxy) is 1. The summed E-state index contributed by atoms with van der Waals surface area (Å²) in [6, 6.07) is 0. The van der Waals surface area contributed by atoms with Crippen LogP contribution in [0.3, 0.4) is 0 Å². The second-order valence-corrected chi connectivity index (χ2v) is 9.50. The topological polar surface area (TPSA) is 220 Å². The van der Waals surface area contributed by atoms with Gasteiger partial charge in [0.2, 0.25) is 0 Å². The van der Waals surface area contributed by atoms with Gasteiger partial charge < -0.3 is 30.1 Å². The molecule has 0 radical (unpaired) electrons. The number of nitrogen functional groups attached to an aromatic ring is 1. The van der Waals surface area contributed by atoms with Crippen molar-refractivity contribution >= 4 is 34.7 Å². The van der Waals surface area contributed by atoms with E-state index < -0.39 is 54.4 Å². The maximum atomic E-state index is 11.6. The number of hydrogen-bond acceptors (Lipinski definition) is 11. The van der Waals surface area contributed by atoms with Gasteiger partial charge in [0.05, 0.1) is 12.9 Å². The highest BCUT2D eigenvalue weighted by Crippen LogP contribution is 2.44. The van der Waals surface area contributed by atoms with E-state index in [1.165, 1.54) is 17.2 Å². The largest absolute Gasteiger partial charge is 0.387 e. The first kappa shape index (κ1) is 20.0. The highest BCUT2D eigenvalue weighted by Gasteiger charge is 2.45. The van der Waals surface area contributed by atoms with Gasteiger partial charge in [0, 0.05) is 0 Å². The van der Waals surface area contributed by atoms with Crippen molar-refractivity contribution in [1.29, 1.82) is 0 Å². The van der Waals surface area contributed by atoms with E-state index in [1.807, 2.05) is 0 Å². The van der Waals surface area contributed by atoms with E-state index in [-0.39, 0.29) is 17.0 Å². The lowest BCUT2D eigenvalue weighted by Crippen LogP contribution is -2.33. The first-order valence-corrected chi connectivity index (χ1v) is 10.7. The van der Waals surface area contributed by atoms with Crippen molar-refractivity contribution in [1.82, 2.24) is 19.5 Å². The molecule has 16 heteroatoms. The number of aliphatic hydroxyl groups is 2. The number of fused-ring (bicyclic) bond motifs is 1. The summed E-state index contributed by atoms with van der Waals surface area (Å²) in [5.74, 6) is 0.0955. The summed E-state index contributed by atoms with van der Waals surface area (Å²) in [6.07, 6.45) is -3.03. The fourth-order valence-electron chi connectivity index (χ4n) is 2.59. The standard InChI is InChI=1S/C11H16N5O9PS/c12-9-6-10(14-2-13-9)16(3-15-6)11-8(18)7(17)5(25-11)1-24-26(19,20)4-27(21,22)23/h2-3,5,7-8,11,17-18H,1,4H2,(H,19,20)(H2,12,13,14)(H,21,22,23)/t5-,7-,8-,11-/m1/s1. The van der Waals surface area contributed by atoms with Crippen molar-refractivity contribution in [3.05, 3.63) is 12.7 Å². The molecular weight excluding hydrogens is 409 g/mol. The Labute approximate surface area is 151 Å². The molecule has 3 rings (SSSR count). The molecular formula is C11H16N5O9PS. The fourth-order valence-corrected chi connectivity index (χ4v) is 4.91. The van der Waals surface area contributed by atoms with Crippen LogP contribution in [0.1, 0.15) is 6.23 Å². The number of hydrogen-bond donors (Lipinski definition) is 5. The molecule has 1 unspecified atom stereocenters. The van der Waals surface area contributed by atoms with Gasteiger partial charge >= 0.3 is 7.60 Å². The molecule has 0 bridgehead atoms. The third kappa shape index (κ3) is 4.25. The van der Waals surface area contributed by atoms with E-state index in [0.29, 0.717) is 0 Å². The number of aromatic nitrogens is 4. The van der Waals surface area contributed by atoms with Crippen molar-refractivity contribution < 1.29 is 41.9 Å². The van der Waals surface area contributed by atoms with Crippen LogP contribution in [0.15, 0.2) is 12.7 Å². The van der Waals surface area contributed by atoms with Crippen molar-refractivity contribution in [3.8, 4) is 0 Å². The lowest BCUT2D eigenvalue weighted by molar-refractivity contribution is -0.0483. The Morgan fingerprint density at radius 3 is 2.67 bits per heavy atom. The summed E-state index contributed by atoms with van der Waals surface area (Å²) < 4.78 is 53.0. The smallest absolute Gasteiger partial charge is 0.345 e. The zero-order valence-electron chi connectivity index (χ0n) is 13.4. The van der Waals surface area contributed by atoms with Gasteiger partial charge in [-0.05, 0) is 0 Å². The minimum absolute atomic E-state index is 0.0955. The number of imidazole rings is 1. The van der Waals surface area contributed by atoms with Crippen LogP contribution in [0.25, 0.3) is 11.2 Å². The van der Waals surface area contributed by atoms with E-state index in [9.17, 15) is 28.1 Å². The van der Waals surface area contributed by atoms with Crippen LogP contribution in [-0.2, 0) is 23.9 Å². The van der Waals surface area contributed by atoms with Gasteiger partial charge in [-0.2, -0.15) is 8.42 Å². The summed E-state index contributed by atoms with van der Waals surface area (Å²) >= 11 is 0. The molecule has 2 aromatic rings. The number of nitrogens with zero attached hydrogens (tertiary/aromatic N) is 4. The molecule has 0 saturated carbocycles. The average molecular weight is 425 g/mol. The Morgan fingerprint density at radius 2 is 2.00 bits per heavy atom. The van der Waals surface area contributed by atoms with E-state index in [4.69, 9.17) is 15.0 Å². The van der Waals surface area contributed by atoms with Crippen LogP contribution in [0, 0.1) is 0 Å². The number of aliphatic hydroxyl groups excluding tert-OH is 2. The lowest BCUT2D eigenvalue weighted by Gasteiger charge is -2.17. The molecule has 6 N–H and O–H groups in total. The number of nitrogens with two attached hydrogens (primary N) is 1. The van der Waals surface area contributed by atoms with Crippen molar-refractivity contribution in [2.75, 3.05) is 17.8 Å². The zero-order chi connectivity index (χ0) is 20.0. The van der Waals surface area contributed by atoms with Crippen LogP contribution in [0.4, 0.5) is 5.82 Å². The van der Waals surface area contributed by atoms with Gasteiger partial charge in [-0.15, -0.1) is 0 Å². The maximum Gasteiger partial charge on any atom is 0.345 e. The minimum atomic E-state index is -4.76. The quantitative estimate of drug-likeness (QED) is 0.252. The monoisotopic (exact) mass is 425 g/mol. The maximum absolute atomic E-state index is 11.6. The molecule has 3 heterocycles. The Kier molecular flexibility index (Phi) is 5.22. The van der Waals surface area contributed by atoms with E-state index in [1.54, 1.807) is 0 Å². The summed E-state index contributed by atoms with van der Waals surface area (Å²) in [7, 11) is -9.46. The van der Waals surface area contributed by atoms with Crippen LogP contribution in [0.5, 0.6) is 0 Å². The molecule has 0 aliphatic carbocycles.